The minimum atomic E-state index is 0.757. The van der Waals surface area contributed by atoms with E-state index in [1.807, 2.05) is 0 Å². The third kappa shape index (κ3) is 1.93. The average molecular weight is 273 g/mol. The number of rotatable bonds is 4. The first-order valence-corrected chi connectivity index (χ1v) is 8.48. The van der Waals surface area contributed by atoms with Crippen molar-refractivity contribution < 1.29 is 0 Å². The molecule has 4 aliphatic carbocycles. The lowest BCUT2D eigenvalue weighted by molar-refractivity contribution is -0.00302. The zero-order chi connectivity index (χ0) is 13.7. The van der Waals surface area contributed by atoms with Gasteiger partial charge in [0.2, 0.25) is 0 Å². The highest BCUT2D eigenvalue weighted by Crippen LogP contribution is 2.60. The van der Waals surface area contributed by atoms with E-state index < -0.39 is 0 Å². The van der Waals surface area contributed by atoms with Crippen molar-refractivity contribution >= 4 is 0 Å². The molecule has 4 fully saturated rings. The highest BCUT2D eigenvalue weighted by molar-refractivity contribution is 5.26. The Labute approximate surface area is 121 Å². The van der Waals surface area contributed by atoms with E-state index in [1.54, 1.807) is 5.56 Å². The van der Waals surface area contributed by atoms with Crippen LogP contribution in [-0.2, 0) is 6.54 Å². The second-order valence-corrected chi connectivity index (χ2v) is 7.51. The van der Waals surface area contributed by atoms with Crippen LogP contribution >= 0.6 is 0 Å². The van der Waals surface area contributed by atoms with E-state index in [0.717, 1.165) is 49.1 Å². The largest absolute Gasteiger partial charge is 0.330 e. The fourth-order valence-electron chi connectivity index (χ4n) is 5.69. The van der Waals surface area contributed by atoms with E-state index in [2.05, 4.69) is 22.9 Å². The van der Waals surface area contributed by atoms with Gasteiger partial charge in [-0.2, -0.15) is 5.10 Å². The maximum Gasteiger partial charge on any atom is 0.0527 e. The molecule has 3 heteroatoms. The predicted molar refractivity (Wildman–Crippen MR) is 80.4 cm³/mol. The number of nitrogens with zero attached hydrogens (tertiary/aromatic N) is 2. The van der Waals surface area contributed by atoms with Gasteiger partial charge >= 0.3 is 0 Å². The summed E-state index contributed by atoms with van der Waals surface area (Å²) in [5.41, 5.74) is 8.61. The van der Waals surface area contributed by atoms with Crippen molar-refractivity contribution in [1.29, 1.82) is 0 Å². The smallest absolute Gasteiger partial charge is 0.0527 e. The zero-order valence-electron chi connectivity index (χ0n) is 12.6. The fourth-order valence-corrected chi connectivity index (χ4v) is 5.69. The Kier molecular flexibility index (Phi) is 3.13. The summed E-state index contributed by atoms with van der Waals surface area (Å²) in [6.07, 6.45) is 10.7. The predicted octanol–water partition coefficient (Wildman–Crippen LogP) is 3.08. The van der Waals surface area contributed by atoms with Gasteiger partial charge in [-0.15, -0.1) is 0 Å². The molecule has 1 aromatic heterocycles. The van der Waals surface area contributed by atoms with Crippen LogP contribution in [0.2, 0.25) is 0 Å². The van der Waals surface area contributed by atoms with Crippen molar-refractivity contribution in [2.24, 2.45) is 29.4 Å². The van der Waals surface area contributed by atoms with Gasteiger partial charge in [0, 0.05) is 12.2 Å². The lowest BCUT2D eigenvalue weighted by Crippen LogP contribution is -2.43. The van der Waals surface area contributed by atoms with Crippen LogP contribution in [0.1, 0.15) is 55.7 Å². The molecule has 1 aromatic rings. The molecule has 4 saturated carbocycles. The Morgan fingerprint density at radius 3 is 2.40 bits per heavy atom. The van der Waals surface area contributed by atoms with Crippen molar-refractivity contribution in [3.05, 3.63) is 17.5 Å². The van der Waals surface area contributed by atoms with E-state index in [4.69, 9.17) is 5.73 Å². The Balaban J connectivity index is 1.60. The molecular formula is C17H27N3. The number of hydrogen-bond donors (Lipinski definition) is 1. The summed E-state index contributed by atoms with van der Waals surface area (Å²) in [6.45, 7) is 4.01. The molecule has 0 aliphatic heterocycles. The van der Waals surface area contributed by atoms with Crippen molar-refractivity contribution in [3.8, 4) is 0 Å². The Morgan fingerprint density at radius 1 is 1.15 bits per heavy atom. The van der Waals surface area contributed by atoms with Gasteiger partial charge in [-0.1, -0.05) is 0 Å². The van der Waals surface area contributed by atoms with Crippen molar-refractivity contribution in [2.45, 2.75) is 57.9 Å². The first-order chi connectivity index (χ1) is 9.76. The number of hydrogen-bond acceptors (Lipinski definition) is 2. The highest BCUT2D eigenvalue weighted by Gasteiger charge is 2.49. The van der Waals surface area contributed by atoms with E-state index in [9.17, 15) is 0 Å². The molecule has 5 rings (SSSR count). The lowest BCUT2D eigenvalue weighted by Gasteiger charge is -2.54. The van der Waals surface area contributed by atoms with Gasteiger partial charge in [-0.25, -0.2) is 0 Å². The van der Waals surface area contributed by atoms with Crippen LogP contribution in [-0.4, -0.2) is 16.3 Å². The topological polar surface area (TPSA) is 43.8 Å². The molecule has 2 N–H and O–H groups in total. The normalized spacial score (nSPS) is 38.6. The zero-order valence-corrected chi connectivity index (χ0v) is 12.6. The number of aryl methyl sites for hydroxylation is 1. The third-order valence-electron chi connectivity index (χ3n) is 6.30. The molecule has 0 radical (unpaired) electrons. The first-order valence-electron chi connectivity index (χ1n) is 8.48. The van der Waals surface area contributed by atoms with Crippen molar-refractivity contribution in [3.63, 3.8) is 0 Å². The summed E-state index contributed by atoms with van der Waals surface area (Å²) in [5, 5.41) is 4.65. The van der Waals surface area contributed by atoms with Gasteiger partial charge in [-0.05, 0) is 87.1 Å². The summed E-state index contributed by atoms with van der Waals surface area (Å²) in [4.78, 5) is 0. The Bertz CT molecular complexity index is 462. The SMILES string of the molecule is Cc1c(C2C3CC4CC(C3)CC2C4)cnn1CCCN. The van der Waals surface area contributed by atoms with Crippen LogP contribution < -0.4 is 5.73 Å². The van der Waals surface area contributed by atoms with Crippen molar-refractivity contribution in [1.82, 2.24) is 9.78 Å². The van der Waals surface area contributed by atoms with Gasteiger partial charge in [0.15, 0.2) is 0 Å². The summed E-state index contributed by atoms with van der Waals surface area (Å²) in [6, 6.07) is 0. The molecule has 20 heavy (non-hydrogen) atoms. The molecule has 110 valence electrons. The first kappa shape index (κ1) is 12.9. The average Bonchev–Trinajstić information content (AvgIpc) is 2.77. The van der Waals surface area contributed by atoms with E-state index >= 15 is 0 Å². The van der Waals surface area contributed by atoms with E-state index in [1.165, 1.54) is 37.8 Å². The standard InChI is InChI=1S/C17H27N3/c1-11-16(10-19-20(11)4-2-3-18)17-14-6-12-5-13(8-14)9-15(17)7-12/h10,12-15,17H,2-9,18H2,1H3. The molecule has 0 aromatic carbocycles. The van der Waals surface area contributed by atoms with Crippen molar-refractivity contribution in [2.75, 3.05) is 6.54 Å². The van der Waals surface area contributed by atoms with Crippen LogP contribution in [0, 0.1) is 30.6 Å². The second kappa shape index (κ2) is 4.87. The fraction of sp³-hybridized carbons (Fsp3) is 0.824. The van der Waals surface area contributed by atoms with E-state index in [0.29, 0.717) is 0 Å². The highest BCUT2D eigenvalue weighted by atomic mass is 15.3. The molecule has 4 bridgehead atoms. The van der Waals surface area contributed by atoms with Gasteiger partial charge in [0.25, 0.3) is 0 Å². The van der Waals surface area contributed by atoms with Gasteiger partial charge in [0.05, 0.1) is 6.20 Å². The Morgan fingerprint density at radius 2 is 1.80 bits per heavy atom. The monoisotopic (exact) mass is 273 g/mol. The molecule has 0 atom stereocenters. The molecule has 0 spiro atoms. The quantitative estimate of drug-likeness (QED) is 0.916. The van der Waals surface area contributed by atoms with Crippen LogP contribution in [0.15, 0.2) is 6.20 Å². The second-order valence-electron chi connectivity index (χ2n) is 7.51. The van der Waals surface area contributed by atoms with Gasteiger partial charge in [-0.3, -0.25) is 4.68 Å². The Hall–Kier alpha value is -0.830. The molecule has 0 amide bonds. The van der Waals surface area contributed by atoms with Crippen LogP contribution in [0.3, 0.4) is 0 Å². The summed E-state index contributed by atoms with van der Waals surface area (Å²) >= 11 is 0. The van der Waals surface area contributed by atoms with Crippen LogP contribution in [0.5, 0.6) is 0 Å². The van der Waals surface area contributed by atoms with E-state index in [-0.39, 0.29) is 0 Å². The lowest BCUT2D eigenvalue weighted by atomic mass is 9.51. The molecule has 0 saturated heterocycles. The summed E-state index contributed by atoms with van der Waals surface area (Å²) in [7, 11) is 0. The number of aromatic nitrogens is 2. The van der Waals surface area contributed by atoms with Crippen LogP contribution in [0.4, 0.5) is 0 Å². The number of nitrogens with two attached hydrogens (primary N) is 1. The minimum Gasteiger partial charge on any atom is -0.330 e. The molecule has 3 nitrogen and oxygen atoms in total. The van der Waals surface area contributed by atoms with Gasteiger partial charge < -0.3 is 5.73 Å². The summed E-state index contributed by atoms with van der Waals surface area (Å²) < 4.78 is 2.19. The van der Waals surface area contributed by atoms with Crippen LogP contribution in [0.25, 0.3) is 0 Å². The minimum absolute atomic E-state index is 0.757. The molecular weight excluding hydrogens is 246 g/mol. The molecule has 0 unspecified atom stereocenters. The molecule has 4 aliphatic rings. The third-order valence-corrected chi connectivity index (χ3v) is 6.30. The maximum atomic E-state index is 5.63. The maximum absolute atomic E-state index is 5.63. The molecule has 1 heterocycles. The van der Waals surface area contributed by atoms with Gasteiger partial charge in [0.1, 0.15) is 0 Å². The summed E-state index contributed by atoms with van der Waals surface area (Å²) in [5.74, 6) is 4.84.